The molecular formula is C15H25NO4. The fourth-order valence-electron chi connectivity index (χ4n) is 2.56. The third kappa shape index (κ3) is 3.15. The predicted octanol–water partition coefficient (Wildman–Crippen LogP) is 2.70. The Morgan fingerprint density at radius 2 is 2.00 bits per heavy atom. The maximum atomic E-state index is 12.5. The number of carbonyl (C=O) groups excluding carboxylic acids is 1. The normalized spacial score (nSPS) is 32.7. The molecule has 2 rings (SSSR count). The van der Waals surface area contributed by atoms with E-state index in [1.54, 1.807) is 4.90 Å². The Morgan fingerprint density at radius 1 is 1.35 bits per heavy atom. The van der Waals surface area contributed by atoms with Crippen LogP contribution in [0.2, 0.25) is 0 Å². The van der Waals surface area contributed by atoms with E-state index in [4.69, 9.17) is 14.2 Å². The molecule has 0 aromatic heterocycles. The first kappa shape index (κ1) is 15.3. The zero-order chi connectivity index (χ0) is 15.1. The molecule has 1 fully saturated rings. The third-order valence-electron chi connectivity index (χ3n) is 3.43. The third-order valence-corrected chi connectivity index (χ3v) is 3.43. The van der Waals surface area contributed by atoms with Crippen molar-refractivity contribution >= 4 is 6.09 Å². The molecule has 0 aromatic carbocycles. The maximum absolute atomic E-state index is 12.5. The van der Waals surface area contributed by atoms with Crippen LogP contribution in [0, 0.1) is 0 Å². The fourth-order valence-corrected chi connectivity index (χ4v) is 2.56. The van der Waals surface area contributed by atoms with Crippen LogP contribution >= 0.6 is 0 Å². The van der Waals surface area contributed by atoms with E-state index < -0.39 is 11.3 Å². The highest BCUT2D eigenvalue weighted by atomic mass is 16.6. The summed E-state index contributed by atoms with van der Waals surface area (Å²) in [6.45, 7) is 11.8. The summed E-state index contributed by atoms with van der Waals surface area (Å²) in [7, 11) is 0. The topological polar surface area (TPSA) is 48.0 Å². The van der Waals surface area contributed by atoms with Gasteiger partial charge in [0.05, 0.1) is 24.9 Å². The van der Waals surface area contributed by atoms with Gasteiger partial charge in [0, 0.05) is 0 Å². The van der Waals surface area contributed by atoms with Crippen LogP contribution in [-0.2, 0) is 14.2 Å². The average Bonchev–Trinajstić information content (AvgIpc) is 2.79. The zero-order valence-electron chi connectivity index (χ0n) is 13.2. The monoisotopic (exact) mass is 283 g/mol. The van der Waals surface area contributed by atoms with E-state index in [2.05, 4.69) is 0 Å². The summed E-state index contributed by atoms with van der Waals surface area (Å²) in [6, 6.07) is -0.152. The van der Waals surface area contributed by atoms with Gasteiger partial charge in [-0.25, -0.2) is 4.79 Å². The van der Waals surface area contributed by atoms with Crippen molar-refractivity contribution in [2.24, 2.45) is 0 Å². The Hall–Kier alpha value is -1.07. The molecule has 20 heavy (non-hydrogen) atoms. The molecule has 0 aliphatic carbocycles. The Labute approximate surface area is 120 Å². The molecule has 0 N–H and O–H groups in total. The molecule has 2 aliphatic rings. The molecule has 0 radical (unpaired) electrons. The van der Waals surface area contributed by atoms with Gasteiger partial charge in [-0.1, -0.05) is 12.2 Å². The van der Waals surface area contributed by atoms with Crippen LogP contribution in [0.5, 0.6) is 0 Å². The quantitative estimate of drug-likeness (QED) is 0.694. The van der Waals surface area contributed by atoms with Crippen molar-refractivity contribution in [3.05, 3.63) is 12.2 Å². The van der Waals surface area contributed by atoms with E-state index in [1.165, 1.54) is 0 Å². The minimum atomic E-state index is -0.684. The molecule has 0 aromatic rings. The summed E-state index contributed by atoms with van der Waals surface area (Å²) < 4.78 is 17.1. The number of rotatable bonds is 1. The van der Waals surface area contributed by atoms with Crippen LogP contribution in [0.15, 0.2) is 12.2 Å². The average molecular weight is 283 g/mol. The van der Waals surface area contributed by atoms with Crippen LogP contribution < -0.4 is 0 Å². The summed E-state index contributed by atoms with van der Waals surface area (Å²) in [5.41, 5.74) is -1.21. The summed E-state index contributed by atoms with van der Waals surface area (Å²) in [4.78, 5) is 14.1. The largest absolute Gasteiger partial charge is 0.444 e. The van der Waals surface area contributed by atoms with Gasteiger partial charge in [0.2, 0.25) is 0 Å². The summed E-state index contributed by atoms with van der Waals surface area (Å²) in [6.07, 6.45) is 3.57. The molecule has 0 saturated carbocycles. The number of hydrogen-bond acceptors (Lipinski definition) is 4. The van der Waals surface area contributed by atoms with E-state index in [0.29, 0.717) is 6.61 Å². The van der Waals surface area contributed by atoms with Crippen molar-refractivity contribution in [3.63, 3.8) is 0 Å². The van der Waals surface area contributed by atoms with Gasteiger partial charge in [-0.15, -0.1) is 0 Å². The maximum Gasteiger partial charge on any atom is 0.413 e. The van der Waals surface area contributed by atoms with Gasteiger partial charge in [0.15, 0.2) is 0 Å². The van der Waals surface area contributed by atoms with Crippen molar-refractivity contribution in [1.29, 1.82) is 0 Å². The van der Waals surface area contributed by atoms with E-state index >= 15 is 0 Å². The van der Waals surface area contributed by atoms with E-state index in [-0.39, 0.29) is 24.3 Å². The first-order valence-electron chi connectivity index (χ1n) is 7.10. The van der Waals surface area contributed by atoms with Crippen molar-refractivity contribution < 1.29 is 19.0 Å². The number of amides is 1. The van der Waals surface area contributed by atoms with Crippen molar-refractivity contribution in [2.45, 2.75) is 71.1 Å². The second kappa shape index (κ2) is 5.04. The molecule has 0 spiro atoms. The Balaban J connectivity index is 2.16. The number of nitrogens with zero attached hydrogens (tertiary/aromatic N) is 1. The standard InChI is InChI=1S/C15H25NO4/c1-10-7-8-12(19-10)11-9-18-15(5,6)16(11)13(17)20-14(2,3)4/h7-8,10-12H,9H2,1-6H3/t10-,11-,12-/m1/s1. The number of hydrogen-bond donors (Lipinski definition) is 0. The molecule has 1 amide bonds. The molecule has 5 nitrogen and oxygen atoms in total. The minimum Gasteiger partial charge on any atom is -0.444 e. The highest BCUT2D eigenvalue weighted by Gasteiger charge is 2.49. The van der Waals surface area contributed by atoms with Gasteiger partial charge in [-0.05, 0) is 41.5 Å². The molecular weight excluding hydrogens is 258 g/mol. The van der Waals surface area contributed by atoms with E-state index in [0.717, 1.165) is 0 Å². The molecule has 3 atom stereocenters. The number of carbonyl (C=O) groups is 1. The van der Waals surface area contributed by atoms with Crippen LogP contribution in [-0.4, -0.2) is 47.2 Å². The second-order valence-electron chi connectivity index (χ2n) is 6.87. The van der Waals surface area contributed by atoms with Crippen molar-refractivity contribution in [2.75, 3.05) is 6.61 Å². The summed E-state index contributed by atoms with van der Waals surface area (Å²) >= 11 is 0. The lowest BCUT2D eigenvalue weighted by atomic mass is 10.1. The minimum absolute atomic E-state index is 0.0733. The van der Waals surface area contributed by atoms with Crippen molar-refractivity contribution in [3.8, 4) is 0 Å². The molecule has 5 heteroatoms. The Morgan fingerprint density at radius 3 is 2.50 bits per heavy atom. The van der Waals surface area contributed by atoms with Gasteiger partial charge < -0.3 is 14.2 Å². The molecule has 2 aliphatic heterocycles. The lowest BCUT2D eigenvalue weighted by Gasteiger charge is -2.36. The predicted molar refractivity (Wildman–Crippen MR) is 75.4 cm³/mol. The first-order valence-corrected chi connectivity index (χ1v) is 7.10. The highest BCUT2D eigenvalue weighted by Crippen LogP contribution is 2.33. The highest BCUT2D eigenvalue weighted by molar-refractivity contribution is 5.70. The summed E-state index contributed by atoms with van der Waals surface area (Å²) in [5.74, 6) is 0. The van der Waals surface area contributed by atoms with Crippen molar-refractivity contribution in [1.82, 2.24) is 4.90 Å². The second-order valence-corrected chi connectivity index (χ2v) is 6.87. The van der Waals surface area contributed by atoms with E-state index in [9.17, 15) is 4.79 Å². The fraction of sp³-hybridized carbons (Fsp3) is 0.800. The van der Waals surface area contributed by atoms with Crippen LogP contribution in [0.3, 0.4) is 0 Å². The zero-order valence-corrected chi connectivity index (χ0v) is 13.2. The Bertz CT molecular complexity index is 411. The van der Waals surface area contributed by atoms with Crippen LogP contribution in [0.25, 0.3) is 0 Å². The Kier molecular flexibility index (Phi) is 3.86. The molecule has 2 heterocycles. The lowest BCUT2D eigenvalue weighted by Crippen LogP contribution is -2.53. The van der Waals surface area contributed by atoms with Gasteiger partial charge in [0.25, 0.3) is 0 Å². The SMILES string of the molecule is C[C@@H]1C=C[C@H]([C@H]2COC(C)(C)N2C(=O)OC(C)(C)C)O1. The van der Waals surface area contributed by atoms with Gasteiger partial charge >= 0.3 is 6.09 Å². The van der Waals surface area contributed by atoms with Gasteiger partial charge in [-0.3, -0.25) is 4.90 Å². The molecule has 1 saturated heterocycles. The molecule has 114 valence electrons. The molecule has 0 unspecified atom stereocenters. The van der Waals surface area contributed by atoms with Gasteiger partial charge in [0.1, 0.15) is 11.3 Å². The smallest absolute Gasteiger partial charge is 0.413 e. The van der Waals surface area contributed by atoms with Crippen LogP contribution in [0.4, 0.5) is 4.79 Å². The number of ether oxygens (including phenoxy) is 3. The lowest BCUT2D eigenvalue weighted by molar-refractivity contribution is -0.0694. The van der Waals surface area contributed by atoms with Gasteiger partial charge in [-0.2, -0.15) is 0 Å². The van der Waals surface area contributed by atoms with Crippen LogP contribution in [0.1, 0.15) is 41.5 Å². The molecule has 0 bridgehead atoms. The van der Waals surface area contributed by atoms with E-state index in [1.807, 2.05) is 53.7 Å². The summed E-state index contributed by atoms with van der Waals surface area (Å²) in [5, 5.41) is 0. The first-order chi connectivity index (χ1) is 9.10.